The summed E-state index contributed by atoms with van der Waals surface area (Å²) >= 11 is 9.20. The summed E-state index contributed by atoms with van der Waals surface area (Å²) in [7, 11) is 0. The Morgan fingerprint density at radius 2 is 2.00 bits per heavy atom. The lowest BCUT2D eigenvalue weighted by molar-refractivity contribution is -0.150. The molecule has 0 fully saturated rings. The van der Waals surface area contributed by atoms with Crippen LogP contribution in [0.25, 0.3) is 0 Å². The molecule has 2 aromatic rings. The second-order valence-electron chi connectivity index (χ2n) is 7.57. The topological polar surface area (TPSA) is 71.0 Å². The lowest BCUT2D eigenvalue weighted by Gasteiger charge is -2.24. The summed E-state index contributed by atoms with van der Waals surface area (Å²) in [5.41, 5.74) is -1.32. The highest BCUT2D eigenvalue weighted by atomic mass is 79.9. The molecule has 33 heavy (non-hydrogen) atoms. The van der Waals surface area contributed by atoms with Crippen LogP contribution in [0.4, 0.5) is 18.9 Å². The molecule has 0 saturated carbocycles. The Labute approximate surface area is 201 Å². The summed E-state index contributed by atoms with van der Waals surface area (Å²) in [6.45, 7) is 3.15. The maximum Gasteiger partial charge on any atom is 0.417 e. The lowest BCUT2D eigenvalue weighted by Crippen LogP contribution is -2.41. The van der Waals surface area contributed by atoms with Crippen molar-refractivity contribution in [2.75, 3.05) is 25.0 Å². The van der Waals surface area contributed by atoms with Crippen LogP contribution in [0.15, 0.2) is 52.0 Å². The minimum atomic E-state index is -4.62. The number of ether oxygens (including phenoxy) is 1. The third-order valence-electron chi connectivity index (χ3n) is 4.97. The van der Waals surface area contributed by atoms with Crippen LogP contribution in [0.5, 0.6) is 0 Å². The van der Waals surface area contributed by atoms with Crippen LogP contribution >= 0.6 is 27.5 Å². The number of esters is 1. The van der Waals surface area contributed by atoms with E-state index < -0.39 is 28.1 Å². The third kappa shape index (κ3) is 5.67. The Kier molecular flexibility index (Phi) is 7.38. The number of carbonyl (C=O) groups is 2. The van der Waals surface area contributed by atoms with E-state index in [1.807, 2.05) is 6.07 Å². The van der Waals surface area contributed by atoms with Gasteiger partial charge in [0.2, 0.25) is 5.91 Å². The molecule has 0 aliphatic carbocycles. The number of hydrogen-bond acceptors (Lipinski definition) is 5. The zero-order chi connectivity index (χ0) is 24.4. The largest absolute Gasteiger partial charge is 0.465 e. The predicted octanol–water partition coefficient (Wildman–Crippen LogP) is 5.35. The van der Waals surface area contributed by atoms with E-state index in [2.05, 4.69) is 26.3 Å². The highest BCUT2D eigenvalue weighted by Crippen LogP contribution is 2.38. The number of hydrazone groups is 1. The van der Waals surface area contributed by atoms with E-state index >= 15 is 0 Å². The highest BCUT2D eigenvalue weighted by molar-refractivity contribution is 9.10. The van der Waals surface area contributed by atoms with E-state index in [9.17, 15) is 22.8 Å². The van der Waals surface area contributed by atoms with Gasteiger partial charge in [0.05, 0.1) is 29.4 Å². The highest BCUT2D eigenvalue weighted by Gasteiger charge is 2.47. The molecule has 0 bridgehead atoms. The van der Waals surface area contributed by atoms with Crippen LogP contribution in [0.3, 0.4) is 0 Å². The van der Waals surface area contributed by atoms with Gasteiger partial charge in [-0.25, -0.2) is 0 Å². The minimum Gasteiger partial charge on any atom is -0.465 e. The maximum atomic E-state index is 13.1. The Hall–Kier alpha value is -2.59. The van der Waals surface area contributed by atoms with Gasteiger partial charge in [-0.05, 0) is 44.2 Å². The van der Waals surface area contributed by atoms with Crippen LogP contribution in [-0.4, -0.2) is 42.3 Å². The molecule has 0 spiro atoms. The number of rotatable bonds is 6. The minimum absolute atomic E-state index is 0.00567. The summed E-state index contributed by atoms with van der Waals surface area (Å²) in [4.78, 5) is 25.3. The summed E-state index contributed by atoms with van der Waals surface area (Å²) < 4.78 is 45.3. The first-order valence-corrected chi connectivity index (χ1v) is 11.0. The van der Waals surface area contributed by atoms with Crippen molar-refractivity contribution < 1.29 is 27.5 Å². The quantitative estimate of drug-likeness (QED) is 0.496. The number of nitrogens with zero attached hydrogens (tertiary/aromatic N) is 2. The zero-order valence-corrected chi connectivity index (χ0v) is 20.0. The van der Waals surface area contributed by atoms with Gasteiger partial charge in [-0.3, -0.25) is 14.6 Å². The number of nitrogens with one attached hydrogen (secondary N) is 1. The van der Waals surface area contributed by atoms with Crippen LogP contribution < -0.4 is 5.32 Å². The van der Waals surface area contributed by atoms with Gasteiger partial charge in [0.1, 0.15) is 12.0 Å². The molecule has 1 unspecified atom stereocenters. The molecule has 6 nitrogen and oxygen atoms in total. The molecule has 1 aliphatic heterocycles. The standard InChI is InChI=1S/C22H20BrClF3N3O3/c1-3-33-20(32)21(2)12-30(11-18(31)28-15-6-4-5-14(23)10-15)29-19(21)13-7-8-16(17(24)9-13)22(25,26)27/h4-10H,3,11-12H2,1-2H3,(H,28,31). The molecule has 1 heterocycles. The summed E-state index contributed by atoms with van der Waals surface area (Å²) in [5, 5.41) is 7.99. The van der Waals surface area contributed by atoms with E-state index in [0.29, 0.717) is 5.69 Å². The SMILES string of the molecule is CCOC(=O)C1(C)CN(CC(=O)Nc2cccc(Br)c2)N=C1c1ccc(C(F)(F)F)c(Cl)c1. The van der Waals surface area contributed by atoms with E-state index in [0.717, 1.165) is 16.6 Å². The van der Waals surface area contributed by atoms with Crippen LogP contribution in [0.1, 0.15) is 25.0 Å². The normalized spacial score (nSPS) is 18.2. The Morgan fingerprint density at radius 1 is 1.27 bits per heavy atom. The number of carbonyl (C=O) groups excluding carboxylic acids is 2. The van der Waals surface area contributed by atoms with Gasteiger partial charge >= 0.3 is 12.1 Å². The average molecular weight is 547 g/mol. The molecular formula is C22H20BrClF3N3O3. The Bertz CT molecular complexity index is 1110. The van der Waals surface area contributed by atoms with Crippen molar-refractivity contribution in [2.45, 2.75) is 20.0 Å². The van der Waals surface area contributed by atoms with Crippen molar-refractivity contribution in [3.8, 4) is 0 Å². The fourth-order valence-corrected chi connectivity index (χ4v) is 4.16. The van der Waals surface area contributed by atoms with Gasteiger partial charge in [-0.15, -0.1) is 0 Å². The number of anilines is 1. The molecule has 0 saturated heterocycles. The van der Waals surface area contributed by atoms with Crippen molar-refractivity contribution in [1.29, 1.82) is 0 Å². The van der Waals surface area contributed by atoms with Gasteiger partial charge in [0, 0.05) is 15.7 Å². The second kappa shape index (κ2) is 9.72. The van der Waals surface area contributed by atoms with E-state index in [-0.39, 0.29) is 36.9 Å². The van der Waals surface area contributed by atoms with Crippen molar-refractivity contribution in [3.63, 3.8) is 0 Å². The van der Waals surface area contributed by atoms with Gasteiger partial charge in [-0.1, -0.05) is 39.7 Å². The molecule has 1 atom stereocenters. The first kappa shape index (κ1) is 25.0. The van der Waals surface area contributed by atoms with Crippen molar-refractivity contribution in [2.24, 2.45) is 10.5 Å². The van der Waals surface area contributed by atoms with Gasteiger partial charge in [0.15, 0.2) is 0 Å². The summed E-state index contributed by atoms with van der Waals surface area (Å²) in [5.74, 6) is -0.982. The molecule has 0 radical (unpaired) electrons. The molecule has 1 N–H and O–H groups in total. The molecule has 2 aromatic carbocycles. The number of alkyl halides is 3. The van der Waals surface area contributed by atoms with Crippen LogP contribution in [0, 0.1) is 5.41 Å². The number of amides is 1. The van der Waals surface area contributed by atoms with Crippen LogP contribution in [0.2, 0.25) is 5.02 Å². The zero-order valence-electron chi connectivity index (χ0n) is 17.7. The molecule has 1 aliphatic rings. The fourth-order valence-electron chi connectivity index (χ4n) is 3.47. The third-order valence-corrected chi connectivity index (χ3v) is 5.78. The first-order chi connectivity index (χ1) is 15.4. The number of halogens is 5. The van der Waals surface area contributed by atoms with Gasteiger partial charge in [0.25, 0.3) is 0 Å². The summed E-state index contributed by atoms with van der Waals surface area (Å²) in [6.07, 6.45) is -4.62. The molecule has 0 aromatic heterocycles. The van der Waals surface area contributed by atoms with Crippen molar-refractivity contribution in [3.05, 3.63) is 63.1 Å². The molecular weight excluding hydrogens is 527 g/mol. The molecule has 1 amide bonds. The Balaban J connectivity index is 1.89. The number of benzene rings is 2. The monoisotopic (exact) mass is 545 g/mol. The maximum absolute atomic E-state index is 13.1. The summed E-state index contributed by atoms with van der Waals surface area (Å²) in [6, 6.07) is 10.2. The van der Waals surface area contributed by atoms with Gasteiger partial charge < -0.3 is 10.1 Å². The first-order valence-electron chi connectivity index (χ1n) is 9.88. The number of hydrogen-bond donors (Lipinski definition) is 1. The molecule has 3 rings (SSSR count). The lowest BCUT2D eigenvalue weighted by atomic mass is 9.82. The van der Waals surface area contributed by atoms with E-state index in [4.69, 9.17) is 16.3 Å². The predicted molar refractivity (Wildman–Crippen MR) is 122 cm³/mol. The van der Waals surface area contributed by atoms with E-state index in [1.165, 1.54) is 11.1 Å². The molecule has 176 valence electrons. The van der Waals surface area contributed by atoms with E-state index in [1.54, 1.807) is 32.0 Å². The van der Waals surface area contributed by atoms with Crippen molar-refractivity contribution >= 4 is 50.8 Å². The van der Waals surface area contributed by atoms with Crippen molar-refractivity contribution in [1.82, 2.24) is 5.01 Å². The smallest absolute Gasteiger partial charge is 0.417 e. The molecule has 11 heteroatoms. The fraction of sp³-hybridized carbons (Fsp3) is 0.318. The van der Waals surface area contributed by atoms with Crippen LogP contribution in [-0.2, 0) is 20.5 Å². The average Bonchev–Trinajstić information content (AvgIpc) is 3.04. The van der Waals surface area contributed by atoms with Gasteiger partial charge in [-0.2, -0.15) is 18.3 Å². The second-order valence-corrected chi connectivity index (χ2v) is 8.90. The Morgan fingerprint density at radius 3 is 2.61 bits per heavy atom.